The van der Waals surface area contributed by atoms with Crippen LogP contribution in [0.25, 0.3) is 10.9 Å². The van der Waals surface area contributed by atoms with Gasteiger partial charge in [-0.05, 0) is 50.4 Å². The van der Waals surface area contributed by atoms with Crippen molar-refractivity contribution in [2.45, 2.75) is 45.7 Å². The van der Waals surface area contributed by atoms with E-state index < -0.39 is 0 Å². The van der Waals surface area contributed by atoms with Crippen molar-refractivity contribution in [3.8, 4) is 0 Å². The van der Waals surface area contributed by atoms with Gasteiger partial charge in [0.05, 0.1) is 0 Å². The molecule has 3 heterocycles. The Hall–Kier alpha value is -2.87. The van der Waals surface area contributed by atoms with E-state index in [-0.39, 0.29) is 0 Å². The van der Waals surface area contributed by atoms with Crippen molar-refractivity contribution < 1.29 is 0 Å². The summed E-state index contributed by atoms with van der Waals surface area (Å²) >= 11 is 0. The molecule has 1 aromatic carbocycles. The number of aliphatic imine (C=N–C) groups is 1. The van der Waals surface area contributed by atoms with Gasteiger partial charge in [0, 0.05) is 43.8 Å². The number of aromatic amines is 1. The Labute approximate surface area is 184 Å². The SMILES string of the molecule is CCN1CCCC1CNC(=NCc1nnc(C)n1C)NCCc1cc2ccccc2[nH]1. The predicted molar refractivity (Wildman–Crippen MR) is 125 cm³/mol. The number of aromatic nitrogens is 4. The second kappa shape index (κ2) is 9.96. The van der Waals surface area contributed by atoms with Gasteiger partial charge in [0.25, 0.3) is 0 Å². The quantitative estimate of drug-likeness (QED) is 0.383. The van der Waals surface area contributed by atoms with Crippen molar-refractivity contribution in [2.75, 3.05) is 26.2 Å². The first-order chi connectivity index (χ1) is 15.1. The lowest BCUT2D eigenvalue weighted by atomic mass is 10.2. The van der Waals surface area contributed by atoms with E-state index in [4.69, 9.17) is 4.99 Å². The van der Waals surface area contributed by atoms with Crippen molar-refractivity contribution in [1.29, 1.82) is 0 Å². The summed E-state index contributed by atoms with van der Waals surface area (Å²) in [7, 11) is 1.98. The third kappa shape index (κ3) is 5.25. The molecule has 0 amide bonds. The van der Waals surface area contributed by atoms with E-state index in [0.29, 0.717) is 12.6 Å². The number of nitrogens with one attached hydrogen (secondary N) is 3. The number of nitrogens with zero attached hydrogens (tertiary/aromatic N) is 5. The fourth-order valence-electron chi connectivity index (χ4n) is 4.25. The van der Waals surface area contributed by atoms with Gasteiger partial charge in [-0.3, -0.25) is 4.90 Å². The van der Waals surface area contributed by atoms with Gasteiger partial charge in [-0.25, -0.2) is 4.99 Å². The number of hydrogen-bond acceptors (Lipinski definition) is 4. The van der Waals surface area contributed by atoms with Gasteiger partial charge in [-0.15, -0.1) is 10.2 Å². The minimum atomic E-state index is 0.501. The highest BCUT2D eigenvalue weighted by atomic mass is 15.3. The Kier molecular flexibility index (Phi) is 6.86. The number of fused-ring (bicyclic) bond motifs is 1. The highest BCUT2D eigenvalue weighted by Crippen LogP contribution is 2.16. The molecule has 31 heavy (non-hydrogen) atoms. The topological polar surface area (TPSA) is 86.2 Å². The zero-order chi connectivity index (χ0) is 21.6. The molecule has 0 bridgehead atoms. The number of guanidine groups is 1. The molecule has 8 nitrogen and oxygen atoms in total. The summed E-state index contributed by atoms with van der Waals surface area (Å²) in [4.78, 5) is 10.8. The van der Waals surface area contributed by atoms with Crippen LogP contribution in [0.15, 0.2) is 35.3 Å². The fraction of sp³-hybridized carbons (Fsp3) is 0.522. The number of aryl methyl sites for hydroxylation is 1. The number of benzene rings is 1. The highest BCUT2D eigenvalue weighted by Gasteiger charge is 2.22. The van der Waals surface area contributed by atoms with E-state index in [9.17, 15) is 0 Å². The molecule has 2 aromatic heterocycles. The van der Waals surface area contributed by atoms with Gasteiger partial charge >= 0.3 is 0 Å². The van der Waals surface area contributed by atoms with Crippen LogP contribution in [0.1, 0.15) is 37.1 Å². The summed E-state index contributed by atoms with van der Waals surface area (Å²) in [5, 5.41) is 16.7. The summed E-state index contributed by atoms with van der Waals surface area (Å²) in [5.74, 6) is 2.60. The molecule has 8 heteroatoms. The zero-order valence-electron chi connectivity index (χ0n) is 18.9. The van der Waals surface area contributed by atoms with Gasteiger partial charge < -0.3 is 20.2 Å². The number of likely N-dealkylation sites (N-methyl/N-ethyl adjacent to an activating group) is 1. The fourth-order valence-corrected chi connectivity index (χ4v) is 4.25. The molecular weight excluding hydrogens is 388 g/mol. The number of para-hydroxylation sites is 1. The Bertz CT molecular complexity index is 985. The molecule has 1 aliphatic heterocycles. The van der Waals surface area contributed by atoms with E-state index >= 15 is 0 Å². The molecule has 1 unspecified atom stereocenters. The molecule has 3 N–H and O–H groups in total. The van der Waals surface area contributed by atoms with Crippen LogP contribution in [0.3, 0.4) is 0 Å². The smallest absolute Gasteiger partial charge is 0.191 e. The lowest BCUT2D eigenvalue weighted by Crippen LogP contribution is -2.45. The summed E-state index contributed by atoms with van der Waals surface area (Å²) < 4.78 is 1.99. The maximum absolute atomic E-state index is 4.80. The van der Waals surface area contributed by atoms with Crippen LogP contribution in [0, 0.1) is 6.92 Å². The van der Waals surface area contributed by atoms with E-state index in [1.807, 2.05) is 18.5 Å². The Morgan fingerprint density at radius 3 is 2.90 bits per heavy atom. The summed E-state index contributed by atoms with van der Waals surface area (Å²) in [6.07, 6.45) is 3.42. The van der Waals surface area contributed by atoms with E-state index in [1.54, 1.807) is 0 Å². The van der Waals surface area contributed by atoms with Crippen LogP contribution >= 0.6 is 0 Å². The molecule has 0 saturated carbocycles. The normalized spacial score (nSPS) is 17.5. The van der Waals surface area contributed by atoms with Crippen LogP contribution < -0.4 is 10.6 Å². The maximum Gasteiger partial charge on any atom is 0.191 e. The molecule has 1 atom stereocenters. The average Bonchev–Trinajstić information content (AvgIpc) is 3.49. The standard InChI is InChI=1S/C23H34N8/c1-4-31-13-7-9-20(31)15-25-23(26-16-22-29-28-17(2)30(22)3)24-12-11-19-14-18-8-5-6-10-21(18)27-19/h5-6,8,10,14,20,27H,4,7,9,11-13,15-16H2,1-3H3,(H2,24,25,26). The largest absolute Gasteiger partial charge is 0.358 e. The number of hydrogen-bond donors (Lipinski definition) is 3. The van der Waals surface area contributed by atoms with Crippen molar-refractivity contribution in [1.82, 2.24) is 35.3 Å². The molecule has 1 fully saturated rings. The van der Waals surface area contributed by atoms with Gasteiger partial charge in [-0.1, -0.05) is 25.1 Å². The zero-order valence-corrected chi connectivity index (χ0v) is 18.9. The molecule has 0 spiro atoms. The minimum absolute atomic E-state index is 0.501. The number of rotatable bonds is 8. The van der Waals surface area contributed by atoms with E-state index in [0.717, 1.165) is 43.7 Å². The first-order valence-electron chi connectivity index (χ1n) is 11.3. The minimum Gasteiger partial charge on any atom is -0.358 e. The molecule has 1 aliphatic rings. The maximum atomic E-state index is 4.80. The Morgan fingerprint density at radius 1 is 1.26 bits per heavy atom. The predicted octanol–water partition coefficient (Wildman–Crippen LogP) is 2.37. The molecular formula is C23H34N8. The molecule has 0 radical (unpaired) electrons. The van der Waals surface area contributed by atoms with Crippen molar-refractivity contribution in [2.24, 2.45) is 12.0 Å². The lowest BCUT2D eigenvalue weighted by molar-refractivity contribution is 0.267. The van der Waals surface area contributed by atoms with Crippen LogP contribution in [-0.2, 0) is 20.0 Å². The molecule has 0 aliphatic carbocycles. The summed E-state index contributed by atoms with van der Waals surface area (Å²) in [6, 6.07) is 11.2. The lowest BCUT2D eigenvalue weighted by Gasteiger charge is -2.24. The Balaban J connectivity index is 1.38. The van der Waals surface area contributed by atoms with Gasteiger partial charge in [0.2, 0.25) is 0 Å². The molecule has 166 valence electrons. The van der Waals surface area contributed by atoms with Crippen LogP contribution in [-0.4, -0.2) is 62.8 Å². The molecule has 1 saturated heterocycles. The number of likely N-dealkylation sites (tertiary alicyclic amines) is 1. The summed E-state index contributed by atoms with van der Waals surface area (Å²) in [6.45, 7) is 8.70. The van der Waals surface area contributed by atoms with Crippen molar-refractivity contribution in [3.05, 3.63) is 47.7 Å². The third-order valence-corrected chi connectivity index (χ3v) is 6.24. The van der Waals surface area contributed by atoms with Crippen LogP contribution in [0.5, 0.6) is 0 Å². The summed E-state index contributed by atoms with van der Waals surface area (Å²) in [5.41, 5.74) is 2.41. The third-order valence-electron chi connectivity index (χ3n) is 6.24. The first-order valence-corrected chi connectivity index (χ1v) is 11.3. The molecule has 4 rings (SSSR count). The van der Waals surface area contributed by atoms with Crippen LogP contribution in [0.2, 0.25) is 0 Å². The van der Waals surface area contributed by atoms with Crippen LogP contribution in [0.4, 0.5) is 0 Å². The Morgan fingerprint density at radius 2 is 2.13 bits per heavy atom. The highest BCUT2D eigenvalue weighted by molar-refractivity contribution is 5.81. The average molecular weight is 423 g/mol. The second-order valence-electron chi connectivity index (χ2n) is 8.25. The van der Waals surface area contributed by atoms with Gasteiger partial charge in [0.15, 0.2) is 11.8 Å². The number of H-pyrrole nitrogens is 1. The van der Waals surface area contributed by atoms with Crippen molar-refractivity contribution >= 4 is 16.9 Å². The first kappa shape index (κ1) is 21.4. The monoisotopic (exact) mass is 422 g/mol. The van der Waals surface area contributed by atoms with Gasteiger partial charge in [-0.2, -0.15) is 0 Å². The van der Waals surface area contributed by atoms with E-state index in [1.165, 1.54) is 36.0 Å². The van der Waals surface area contributed by atoms with E-state index in [2.05, 4.69) is 68.0 Å². The second-order valence-corrected chi connectivity index (χ2v) is 8.25. The molecule has 3 aromatic rings. The van der Waals surface area contributed by atoms with Crippen molar-refractivity contribution in [3.63, 3.8) is 0 Å². The van der Waals surface area contributed by atoms with Gasteiger partial charge in [0.1, 0.15) is 12.4 Å².